The van der Waals surface area contributed by atoms with Gasteiger partial charge in [0.25, 0.3) is 0 Å². The maximum atomic E-state index is 10.8. The zero-order chi connectivity index (χ0) is 12.5. The van der Waals surface area contributed by atoms with Gasteiger partial charge in [0.1, 0.15) is 11.3 Å². The van der Waals surface area contributed by atoms with Crippen LogP contribution >= 0.6 is 27.5 Å². The van der Waals surface area contributed by atoms with Gasteiger partial charge in [-0.3, -0.25) is 0 Å². The van der Waals surface area contributed by atoms with Crippen LogP contribution in [-0.4, -0.2) is 18.1 Å². The van der Waals surface area contributed by atoms with Gasteiger partial charge < -0.3 is 9.84 Å². The molecule has 3 nitrogen and oxygen atoms in total. The van der Waals surface area contributed by atoms with Crippen LogP contribution in [-0.2, 0) is 0 Å². The van der Waals surface area contributed by atoms with Crippen molar-refractivity contribution in [1.82, 2.24) is 0 Å². The number of methoxy groups -OCH3 is 1. The Kier molecular flexibility index (Phi) is 2.04. The Morgan fingerprint density at radius 3 is 3.00 bits per heavy atom. The van der Waals surface area contributed by atoms with Crippen LogP contribution in [0.5, 0.6) is 5.75 Å². The molecule has 0 saturated carbocycles. The number of ether oxygens (including phenoxy) is 1. The average molecular weight is 269 g/mol. The molecule has 13 heavy (non-hydrogen) atoms. The van der Waals surface area contributed by atoms with Crippen LogP contribution in [0.2, 0.25) is 5.02 Å². The van der Waals surface area contributed by atoms with Crippen molar-refractivity contribution in [3.63, 3.8) is 0 Å². The molecule has 1 N–H and O–H groups in total. The zero-order valence-electron chi connectivity index (χ0n) is 9.17. The number of carboxylic acid groups (broad SMARTS) is 1. The second kappa shape index (κ2) is 3.98. The predicted octanol–water partition coefficient (Wildman–Crippen LogP) is 2.81. The van der Waals surface area contributed by atoms with Gasteiger partial charge in [-0.2, -0.15) is 0 Å². The fraction of sp³-hybridized carbons (Fsp3) is 0.125. The van der Waals surface area contributed by atoms with Crippen LogP contribution in [0, 0.1) is 0 Å². The summed E-state index contributed by atoms with van der Waals surface area (Å²) in [6, 6.07) is 2.33. The van der Waals surface area contributed by atoms with Crippen molar-refractivity contribution in [3.8, 4) is 5.75 Å². The average Bonchev–Trinajstić information content (AvgIpc) is 2.07. The van der Waals surface area contributed by atoms with Crippen molar-refractivity contribution in [2.24, 2.45) is 0 Å². The summed E-state index contributed by atoms with van der Waals surface area (Å²) in [5, 5.41) is 9.00. The number of carbonyl (C=O) groups is 1. The molecule has 0 aliphatic heterocycles. The lowest BCUT2D eigenvalue weighted by atomic mass is 10.2. The second-order valence-electron chi connectivity index (χ2n) is 2.17. The monoisotopic (exact) mass is 267 g/mol. The first kappa shape index (κ1) is 6.68. The Morgan fingerprint density at radius 2 is 2.46 bits per heavy atom. The summed E-state index contributed by atoms with van der Waals surface area (Å²) in [4.78, 5) is 10.8. The number of aromatic carboxylic acids is 1. The molecule has 0 unspecified atom stereocenters. The third kappa shape index (κ3) is 2.14. The molecule has 0 spiro atoms. The number of carboxylic acids is 1. The minimum atomic E-state index is -2.71. The Morgan fingerprint density at radius 1 is 1.77 bits per heavy atom. The lowest BCUT2D eigenvalue weighted by Crippen LogP contribution is -2.00. The maximum absolute atomic E-state index is 10.8. The lowest BCUT2D eigenvalue weighted by Gasteiger charge is -2.06. The van der Waals surface area contributed by atoms with Gasteiger partial charge in [-0.1, -0.05) is 11.6 Å². The highest BCUT2D eigenvalue weighted by Gasteiger charge is 2.13. The zero-order valence-corrected chi connectivity index (χ0v) is 8.52. The molecule has 70 valence electrons. The van der Waals surface area contributed by atoms with E-state index in [0.717, 1.165) is 6.07 Å². The topological polar surface area (TPSA) is 46.5 Å². The van der Waals surface area contributed by atoms with Crippen molar-refractivity contribution >= 4 is 33.5 Å². The van der Waals surface area contributed by atoms with E-state index in [1.807, 2.05) is 0 Å². The van der Waals surface area contributed by atoms with Gasteiger partial charge >= 0.3 is 5.97 Å². The first-order valence-corrected chi connectivity index (χ1v) is 4.29. The van der Waals surface area contributed by atoms with Gasteiger partial charge in [-0.15, -0.1) is 0 Å². The van der Waals surface area contributed by atoms with Gasteiger partial charge in [0.15, 0.2) is 0 Å². The van der Waals surface area contributed by atoms with Gasteiger partial charge in [0, 0.05) is 4.47 Å². The van der Waals surface area contributed by atoms with E-state index in [1.165, 1.54) is 6.07 Å². The van der Waals surface area contributed by atoms with Crippen LogP contribution in [0.15, 0.2) is 16.6 Å². The summed E-state index contributed by atoms with van der Waals surface area (Å²) in [5.74, 6) is -1.57. The second-order valence-corrected chi connectivity index (χ2v) is 3.43. The Balaban J connectivity index is 3.25. The summed E-state index contributed by atoms with van der Waals surface area (Å²) in [6.45, 7) is 0. The standard InChI is InChI=1S/C8H6BrClO3/c1-13-7-3-5(9)6(10)2-4(7)8(11)12/h2-3H,1H3,(H,11,12)/i1D3. The van der Waals surface area contributed by atoms with E-state index >= 15 is 0 Å². The third-order valence-electron chi connectivity index (χ3n) is 1.36. The van der Waals surface area contributed by atoms with Gasteiger partial charge in [0.05, 0.1) is 16.2 Å². The van der Waals surface area contributed by atoms with Crippen LogP contribution in [0.4, 0.5) is 0 Å². The number of hydrogen-bond donors (Lipinski definition) is 1. The molecule has 1 aromatic carbocycles. The largest absolute Gasteiger partial charge is 0.496 e. The van der Waals surface area contributed by atoms with Crippen molar-refractivity contribution in [1.29, 1.82) is 0 Å². The molecule has 0 saturated heterocycles. The van der Waals surface area contributed by atoms with Gasteiger partial charge in [-0.05, 0) is 28.1 Å². The highest BCUT2D eigenvalue weighted by molar-refractivity contribution is 9.10. The SMILES string of the molecule is [2H]C([2H])([2H])Oc1cc(Br)c(Cl)cc1C(=O)O. The molecule has 0 fully saturated rings. The molecule has 0 bridgehead atoms. The number of benzene rings is 1. The Labute approximate surface area is 92.6 Å². The van der Waals surface area contributed by atoms with E-state index < -0.39 is 13.0 Å². The van der Waals surface area contributed by atoms with E-state index in [1.54, 1.807) is 0 Å². The third-order valence-corrected chi connectivity index (χ3v) is 2.56. The molecule has 5 heteroatoms. The van der Waals surface area contributed by atoms with E-state index in [-0.39, 0.29) is 16.3 Å². The molecule has 1 rings (SSSR count). The Bertz CT molecular complexity index is 433. The minimum Gasteiger partial charge on any atom is -0.496 e. The molecule has 0 atom stereocenters. The normalized spacial score (nSPS) is 14.2. The number of hydrogen-bond acceptors (Lipinski definition) is 2. The van der Waals surface area contributed by atoms with Crippen molar-refractivity contribution in [2.45, 2.75) is 0 Å². The fourth-order valence-electron chi connectivity index (χ4n) is 0.780. The lowest BCUT2D eigenvalue weighted by molar-refractivity contribution is 0.0693. The maximum Gasteiger partial charge on any atom is 0.339 e. The molecule has 0 aliphatic rings. The summed E-state index contributed by atoms with van der Waals surface area (Å²) in [7, 11) is -2.71. The smallest absolute Gasteiger partial charge is 0.339 e. The Hall–Kier alpha value is -0.740. The number of rotatable bonds is 2. The molecular formula is C8H6BrClO3. The van der Waals surface area contributed by atoms with Crippen LogP contribution in [0.1, 0.15) is 14.5 Å². The van der Waals surface area contributed by atoms with Gasteiger partial charge in [-0.25, -0.2) is 4.79 Å². The summed E-state index contributed by atoms with van der Waals surface area (Å²) in [5.41, 5.74) is -0.302. The molecular weight excluding hydrogens is 259 g/mol. The molecule has 0 heterocycles. The molecule has 0 aliphatic carbocycles. The van der Waals surface area contributed by atoms with E-state index in [2.05, 4.69) is 20.7 Å². The predicted molar refractivity (Wildman–Crippen MR) is 52.7 cm³/mol. The van der Waals surface area contributed by atoms with Crippen LogP contribution in [0.3, 0.4) is 0 Å². The first-order chi connectivity index (χ1) is 7.20. The van der Waals surface area contributed by atoms with E-state index in [4.69, 9.17) is 20.8 Å². The summed E-state index contributed by atoms with van der Waals surface area (Å²) < 4.78 is 25.6. The summed E-state index contributed by atoms with van der Waals surface area (Å²) in [6.07, 6.45) is 0. The van der Waals surface area contributed by atoms with Gasteiger partial charge in [0.2, 0.25) is 0 Å². The quantitative estimate of drug-likeness (QED) is 0.897. The highest BCUT2D eigenvalue weighted by atomic mass is 79.9. The molecule has 0 amide bonds. The van der Waals surface area contributed by atoms with Crippen molar-refractivity contribution in [2.75, 3.05) is 7.04 Å². The van der Waals surface area contributed by atoms with Crippen molar-refractivity contribution < 1.29 is 18.8 Å². The fourth-order valence-corrected chi connectivity index (χ4v) is 1.27. The van der Waals surface area contributed by atoms with E-state index in [9.17, 15) is 4.79 Å². The summed E-state index contributed by atoms with van der Waals surface area (Å²) >= 11 is 8.74. The first-order valence-electron chi connectivity index (χ1n) is 4.62. The molecule has 1 aromatic rings. The minimum absolute atomic E-state index is 0.162. The van der Waals surface area contributed by atoms with E-state index in [0.29, 0.717) is 4.47 Å². The van der Waals surface area contributed by atoms with Crippen LogP contribution < -0.4 is 4.74 Å². The number of halogens is 2. The molecule has 0 aromatic heterocycles. The highest BCUT2D eigenvalue weighted by Crippen LogP contribution is 2.30. The molecule has 0 radical (unpaired) electrons. The van der Waals surface area contributed by atoms with Crippen LogP contribution in [0.25, 0.3) is 0 Å². The van der Waals surface area contributed by atoms with Crippen molar-refractivity contribution in [3.05, 3.63) is 27.2 Å².